The van der Waals surface area contributed by atoms with Crippen molar-refractivity contribution in [3.8, 4) is 0 Å². The van der Waals surface area contributed by atoms with Gasteiger partial charge in [-0.1, -0.05) is 19.1 Å². The first kappa shape index (κ1) is 16.3. The van der Waals surface area contributed by atoms with Crippen LogP contribution < -0.4 is 11.1 Å². The number of carbonyl (C=O) groups excluding carboxylic acids is 1. The third-order valence-electron chi connectivity index (χ3n) is 3.88. The van der Waals surface area contributed by atoms with E-state index in [4.69, 9.17) is 10.5 Å². The van der Waals surface area contributed by atoms with Crippen LogP contribution in [0, 0.1) is 0 Å². The van der Waals surface area contributed by atoms with Crippen LogP contribution >= 0.6 is 11.8 Å². The number of nitrogens with one attached hydrogen (secondary N) is 1. The Balaban J connectivity index is 1.96. The highest BCUT2D eigenvalue weighted by Gasteiger charge is 2.36. The number of hydrogen-bond donors (Lipinski definition) is 2. The maximum atomic E-state index is 12.4. The molecule has 1 aliphatic rings. The number of amides is 1. The molecule has 0 saturated carbocycles. The third kappa shape index (κ3) is 4.22. The molecule has 1 amide bonds. The summed E-state index contributed by atoms with van der Waals surface area (Å²) in [6.45, 7) is 5.24. The molecule has 1 aromatic rings. The number of rotatable bonds is 5. The average molecular weight is 308 g/mol. The van der Waals surface area contributed by atoms with Crippen LogP contribution in [0.2, 0.25) is 0 Å². The molecule has 0 radical (unpaired) electrons. The highest BCUT2D eigenvalue weighted by molar-refractivity contribution is 7.99. The Morgan fingerprint density at radius 1 is 1.38 bits per heavy atom. The normalized spacial score (nSPS) is 19.0. The fourth-order valence-corrected chi connectivity index (χ4v) is 3.07. The number of ether oxygens (including phenoxy) is 1. The van der Waals surface area contributed by atoms with E-state index in [-0.39, 0.29) is 11.9 Å². The van der Waals surface area contributed by atoms with Gasteiger partial charge >= 0.3 is 0 Å². The maximum absolute atomic E-state index is 12.4. The first-order valence-corrected chi connectivity index (χ1v) is 8.44. The molecule has 5 heteroatoms. The van der Waals surface area contributed by atoms with Crippen molar-refractivity contribution in [2.24, 2.45) is 5.73 Å². The predicted octanol–water partition coefficient (Wildman–Crippen LogP) is 2.48. The van der Waals surface area contributed by atoms with Gasteiger partial charge in [-0.25, -0.2) is 0 Å². The largest absolute Gasteiger partial charge is 0.381 e. The van der Waals surface area contributed by atoms with Crippen molar-refractivity contribution in [1.29, 1.82) is 0 Å². The van der Waals surface area contributed by atoms with Crippen molar-refractivity contribution < 1.29 is 9.53 Å². The van der Waals surface area contributed by atoms with Gasteiger partial charge in [0.1, 0.15) is 0 Å². The monoisotopic (exact) mass is 308 g/mol. The molecule has 1 unspecified atom stereocenters. The molecule has 1 aliphatic heterocycles. The van der Waals surface area contributed by atoms with Crippen LogP contribution in [0.1, 0.15) is 38.3 Å². The molecule has 116 valence electrons. The predicted molar refractivity (Wildman–Crippen MR) is 86.4 cm³/mol. The molecule has 1 saturated heterocycles. The van der Waals surface area contributed by atoms with Gasteiger partial charge in [0.25, 0.3) is 0 Å². The smallest absolute Gasteiger partial charge is 0.240 e. The fraction of sp³-hybridized carbons (Fsp3) is 0.562. The van der Waals surface area contributed by atoms with E-state index in [1.807, 2.05) is 18.7 Å². The lowest BCUT2D eigenvalue weighted by Crippen LogP contribution is -2.57. The number of nitrogens with two attached hydrogens (primary N) is 1. The summed E-state index contributed by atoms with van der Waals surface area (Å²) in [5, 5.41) is 3.03. The van der Waals surface area contributed by atoms with Gasteiger partial charge in [-0.3, -0.25) is 4.79 Å². The summed E-state index contributed by atoms with van der Waals surface area (Å²) >= 11 is 1.81. The van der Waals surface area contributed by atoms with Gasteiger partial charge in [-0.05, 0) is 43.2 Å². The SMILES string of the molecule is CCSc1ccc(C(C)NC(=O)C2(N)CCOCC2)cc1. The molecule has 21 heavy (non-hydrogen) atoms. The van der Waals surface area contributed by atoms with Gasteiger partial charge in [0.2, 0.25) is 5.91 Å². The lowest BCUT2D eigenvalue weighted by Gasteiger charge is -2.33. The van der Waals surface area contributed by atoms with E-state index < -0.39 is 5.54 Å². The summed E-state index contributed by atoms with van der Waals surface area (Å²) in [5.41, 5.74) is 6.51. The molecule has 1 fully saturated rings. The number of thioether (sulfide) groups is 1. The van der Waals surface area contributed by atoms with Crippen LogP contribution in [-0.2, 0) is 9.53 Å². The van der Waals surface area contributed by atoms with Crippen molar-refractivity contribution in [3.05, 3.63) is 29.8 Å². The molecular formula is C16H24N2O2S. The zero-order valence-corrected chi connectivity index (χ0v) is 13.5. The standard InChI is InChI=1S/C16H24N2O2S/c1-3-21-14-6-4-13(5-7-14)12(2)18-15(19)16(17)8-10-20-11-9-16/h4-7,12H,3,8-11,17H2,1-2H3,(H,18,19). The van der Waals surface area contributed by atoms with E-state index in [1.54, 1.807) is 0 Å². The topological polar surface area (TPSA) is 64.4 Å². The van der Waals surface area contributed by atoms with Gasteiger partial charge < -0.3 is 15.8 Å². The van der Waals surface area contributed by atoms with E-state index in [9.17, 15) is 4.79 Å². The molecule has 0 aromatic heterocycles. The highest BCUT2D eigenvalue weighted by atomic mass is 32.2. The molecular weight excluding hydrogens is 284 g/mol. The van der Waals surface area contributed by atoms with E-state index in [1.165, 1.54) is 4.90 Å². The second kappa shape index (κ2) is 7.29. The zero-order chi connectivity index (χ0) is 15.3. The van der Waals surface area contributed by atoms with Gasteiger partial charge in [0.05, 0.1) is 11.6 Å². The summed E-state index contributed by atoms with van der Waals surface area (Å²) in [4.78, 5) is 13.6. The number of carbonyl (C=O) groups is 1. The maximum Gasteiger partial charge on any atom is 0.240 e. The molecule has 1 heterocycles. The second-order valence-corrected chi connectivity index (χ2v) is 6.80. The lowest BCUT2D eigenvalue weighted by molar-refractivity contribution is -0.130. The van der Waals surface area contributed by atoms with Crippen LogP contribution in [-0.4, -0.2) is 30.4 Å². The Kier molecular flexibility index (Phi) is 5.67. The second-order valence-electron chi connectivity index (χ2n) is 5.47. The minimum Gasteiger partial charge on any atom is -0.381 e. The Morgan fingerprint density at radius 2 is 2.00 bits per heavy atom. The molecule has 1 atom stereocenters. The summed E-state index contributed by atoms with van der Waals surface area (Å²) in [5.74, 6) is 0.981. The van der Waals surface area contributed by atoms with E-state index in [2.05, 4.69) is 36.5 Å². The van der Waals surface area contributed by atoms with E-state index in [0.717, 1.165) is 11.3 Å². The Labute approximate surface area is 130 Å². The lowest BCUT2D eigenvalue weighted by atomic mass is 9.90. The quantitative estimate of drug-likeness (QED) is 0.820. The van der Waals surface area contributed by atoms with Crippen molar-refractivity contribution in [1.82, 2.24) is 5.32 Å². The molecule has 0 spiro atoms. The minimum absolute atomic E-state index is 0.0403. The number of benzene rings is 1. The Hall–Kier alpha value is -1.04. The number of hydrogen-bond acceptors (Lipinski definition) is 4. The van der Waals surface area contributed by atoms with Gasteiger partial charge in [0, 0.05) is 18.1 Å². The first-order valence-electron chi connectivity index (χ1n) is 7.45. The van der Waals surface area contributed by atoms with Crippen LogP contribution in [0.25, 0.3) is 0 Å². The van der Waals surface area contributed by atoms with Crippen molar-refractivity contribution in [3.63, 3.8) is 0 Å². The Bertz CT molecular complexity index is 470. The van der Waals surface area contributed by atoms with Crippen LogP contribution in [0.5, 0.6) is 0 Å². The summed E-state index contributed by atoms with van der Waals surface area (Å²) in [7, 11) is 0. The van der Waals surface area contributed by atoms with E-state index >= 15 is 0 Å². The van der Waals surface area contributed by atoms with Crippen molar-refractivity contribution in [2.75, 3.05) is 19.0 Å². The average Bonchev–Trinajstić information content (AvgIpc) is 2.49. The minimum atomic E-state index is -0.787. The molecule has 4 nitrogen and oxygen atoms in total. The van der Waals surface area contributed by atoms with Crippen molar-refractivity contribution in [2.45, 2.75) is 43.2 Å². The molecule has 3 N–H and O–H groups in total. The first-order chi connectivity index (χ1) is 10.0. The van der Waals surface area contributed by atoms with Crippen molar-refractivity contribution >= 4 is 17.7 Å². The zero-order valence-electron chi connectivity index (χ0n) is 12.7. The van der Waals surface area contributed by atoms with E-state index in [0.29, 0.717) is 26.1 Å². The van der Waals surface area contributed by atoms with Gasteiger partial charge in [-0.2, -0.15) is 0 Å². The molecule has 0 bridgehead atoms. The summed E-state index contributed by atoms with van der Waals surface area (Å²) in [6, 6.07) is 8.28. The van der Waals surface area contributed by atoms with Gasteiger partial charge in [-0.15, -0.1) is 11.8 Å². The molecule has 2 rings (SSSR count). The van der Waals surface area contributed by atoms with Gasteiger partial charge in [0.15, 0.2) is 0 Å². The fourth-order valence-electron chi connectivity index (χ4n) is 2.41. The van der Waals surface area contributed by atoms with Crippen LogP contribution in [0.3, 0.4) is 0 Å². The van der Waals surface area contributed by atoms with Crippen LogP contribution in [0.15, 0.2) is 29.2 Å². The van der Waals surface area contributed by atoms with Crippen LogP contribution in [0.4, 0.5) is 0 Å². The Morgan fingerprint density at radius 3 is 2.57 bits per heavy atom. The summed E-state index contributed by atoms with van der Waals surface area (Å²) in [6.07, 6.45) is 1.16. The molecule has 0 aliphatic carbocycles. The highest BCUT2D eigenvalue weighted by Crippen LogP contribution is 2.22. The molecule has 1 aromatic carbocycles. The summed E-state index contributed by atoms with van der Waals surface area (Å²) < 4.78 is 5.28. The third-order valence-corrected chi connectivity index (χ3v) is 4.77.